The van der Waals surface area contributed by atoms with Crippen LogP contribution in [-0.2, 0) is 16.3 Å². The molecule has 0 amide bonds. The van der Waals surface area contributed by atoms with Gasteiger partial charge in [0, 0.05) is 11.4 Å². The van der Waals surface area contributed by atoms with E-state index < -0.39 is 9.84 Å². The highest BCUT2D eigenvalue weighted by atomic mass is 32.2. The molecule has 0 spiro atoms. The van der Waals surface area contributed by atoms with Crippen LogP contribution in [0.3, 0.4) is 0 Å². The predicted octanol–water partition coefficient (Wildman–Crippen LogP) is 2.79. The lowest BCUT2D eigenvalue weighted by atomic mass is 10.1. The zero-order chi connectivity index (χ0) is 18.9. The fourth-order valence-electron chi connectivity index (χ4n) is 3.05. The fraction of sp³-hybridized carbons (Fsp3) is 0.333. The number of benzene rings is 1. The van der Waals surface area contributed by atoms with E-state index in [2.05, 4.69) is 10.1 Å². The first kappa shape index (κ1) is 18.9. The molecule has 2 heterocycles. The number of nitrogens with zero attached hydrogens (tertiary/aromatic N) is 3. The molecule has 6 nitrogen and oxygen atoms in total. The van der Waals surface area contributed by atoms with Crippen molar-refractivity contribution >= 4 is 27.2 Å². The number of thioether (sulfide) groups is 1. The van der Waals surface area contributed by atoms with Gasteiger partial charge in [-0.1, -0.05) is 18.2 Å². The first-order chi connectivity index (χ1) is 12.4. The molecule has 3 rings (SSSR count). The summed E-state index contributed by atoms with van der Waals surface area (Å²) in [6, 6.07) is 8.41. The van der Waals surface area contributed by atoms with Gasteiger partial charge in [0.25, 0.3) is 0 Å². The van der Waals surface area contributed by atoms with Gasteiger partial charge in [-0.05, 0) is 57.2 Å². The third kappa shape index (κ3) is 3.13. The van der Waals surface area contributed by atoms with Gasteiger partial charge in [0.15, 0.2) is 10.5 Å². The van der Waals surface area contributed by atoms with Crippen LogP contribution in [-0.4, -0.2) is 35.8 Å². The van der Waals surface area contributed by atoms with Crippen molar-refractivity contribution in [2.75, 3.05) is 12.8 Å². The monoisotopic (exact) mass is 390 g/mol. The van der Waals surface area contributed by atoms with E-state index in [0.29, 0.717) is 17.2 Å². The van der Waals surface area contributed by atoms with Crippen molar-refractivity contribution in [2.24, 2.45) is 5.73 Å². The van der Waals surface area contributed by atoms with Crippen molar-refractivity contribution in [3.8, 4) is 0 Å². The predicted molar refractivity (Wildman–Crippen MR) is 104 cm³/mol. The molecule has 0 aliphatic carbocycles. The van der Waals surface area contributed by atoms with E-state index in [1.54, 1.807) is 34.8 Å². The van der Waals surface area contributed by atoms with Gasteiger partial charge in [0.2, 0.25) is 9.84 Å². The molecule has 0 unspecified atom stereocenters. The number of hydrogen-bond acceptors (Lipinski definition) is 6. The summed E-state index contributed by atoms with van der Waals surface area (Å²) in [7, 11) is -3.71. The van der Waals surface area contributed by atoms with E-state index in [4.69, 9.17) is 5.73 Å². The molecule has 8 heteroatoms. The maximum absolute atomic E-state index is 13.2. The summed E-state index contributed by atoms with van der Waals surface area (Å²) < 4.78 is 28.1. The van der Waals surface area contributed by atoms with E-state index in [9.17, 15) is 8.42 Å². The van der Waals surface area contributed by atoms with Gasteiger partial charge in [-0.25, -0.2) is 17.9 Å². The molecule has 2 N–H and O–H groups in total. The highest BCUT2D eigenvalue weighted by Gasteiger charge is 2.29. The highest BCUT2D eigenvalue weighted by molar-refractivity contribution is 7.99. The molecule has 0 atom stereocenters. The number of sulfone groups is 1. The molecule has 0 fully saturated rings. The number of rotatable bonds is 6. The fourth-order valence-corrected chi connectivity index (χ4v) is 5.46. The summed E-state index contributed by atoms with van der Waals surface area (Å²) in [5.74, 6) is 0. The highest BCUT2D eigenvalue weighted by Crippen LogP contribution is 2.33. The van der Waals surface area contributed by atoms with Crippen molar-refractivity contribution in [3.63, 3.8) is 0 Å². The molecule has 138 valence electrons. The summed E-state index contributed by atoms with van der Waals surface area (Å²) in [5.41, 5.74) is 8.81. The largest absolute Gasteiger partial charge is 0.330 e. The zero-order valence-electron chi connectivity index (χ0n) is 15.1. The minimum atomic E-state index is -3.71. The Balaban J connectivity index is 2.30. The normalized spacial score (nSPS) is 12.0. The molecule has 0 saturated heterocycles. The van der Waals surface area contributed by atoms with Crippen molar-refractivity contribution in [2.45, 2.75) is 41.5 Å². The topological polar surface area (TPSA) is 90.3 Å². The Morgan fingerprint density at radius 3 is 2.50 bits per heavy atom. The molecule has 0 aliphatic heterocycles. The molecule has 0 bridgehead atoms. The van der Waals surface area contributed by atoms with Crippen LogP contribution in [0.4, 0.5) is 0 Å². The summed E-state index contributed by atoms with van der Waals surface area (Å²) in [4.78, 5) is 5.04. The quantitative estimate of drug-likeness (QED) is 0.651. The Morgan fingerprint density at radius 1 is 1.19 bits per heavy atom. The molecule has 0 radical (unpaired) electrons. The minimum Gasteiger partial charge on any atom is -0.330 e. The SMILES string of the molecule is CSc1nn2c(C)c(CCCN)c(C)nc2c1S(=O)(=O)c1ccccc1. The van der Waals surface area contributed by atoms with Gasteiger partial charge in [-0.15, -0.1) is 11.8 Å². The molecular formula is C18H22N4O2S2. The lowest BCUT2D eigenvalue weighted by molar-refractivity contribution is 0.594. The number of hydrogen-bond donors (Lipinski definition) is 1. The average molecular weight is 391 g/mol. The molecule has 0 aliphatic rings. The van der Waals surface area contributed by atoms with Crippen LogP contribution in [0, 0.1) is 13.8 Å². The van der Waals surface area contributed by atoms with Gasteiger partial charge in [-0.3, -0.25) is 0 Å². The Morgan fingerprint density at radius 2 is 1.88 bits per heavy atom. The standard InChI is InChI=1S/C18H22N4O2S2/c1-12-15(10-7-11-19)13(2)22-17(20-12)16(18(21-22)25-3)26(23,24)14-8-5-4-6-9-14/h4-6,8-9H,7,10-11,19H2,1-3H3. The number of fused-ring (bicyclic) bond motifs is 1. The molecule has 3 aromatic rings. The van der Waals surface area contributed by atoms with Crippen molar-refractivity contribution < 1.29 is 8.42 Å². The zero-order valence-corrected chi connectivity index (χ0v) is 16.7. The summed E-state index contributed by atoms with van der Waals surface area (Å²) >= 11 is 1.31. The third-order valence-electron chi connectivity index (χ3n) is 4.40. The Hall–Kier alpha value is -1.90. The number of nitrogens with two attached hydrogens (primary N) is 1. The van der Waals surface area contributed by atoms with Gasteiger partial charge >= 0.3 is 0 Å². The molecular weight excluding hydrogens is 368 g/mol. The Kier molecular flexibility index (Phi) is 5.36. The first-order valence-electron chi connectivity index (χ1n) is 8.34. The van der Waals surface area contributed by atoms with Crippen molar-refractivity contribution in [1.29, 1.82) is 0 Å². The van der Waals surface area contributed by atoms with E-state index in [1.165, 1.54) is 11.8 Å². The van der Waals surface area contributed by atoms with Gasteiger partial charge in [0.1, 0.15) is 5.03 Å². The summed E-state index contributed by atoms with van der Waals surface area (Å²) in [6.07, 6.45) is 3.47. The maximum atomic E-state index is 13.2. The second kappa shape index (κ2) is 7.38. The van der Waals surface area contributed by atoms with Crippen LogP contribution >= 0.6 is 11.8 Å². The van der Waals surface area contributed by atoms with Crippen LogP contribution in [0.2, 0.25) is 0 Å². The molecule has 0 saturated carbocycles. The number of aromatic nitrogens is 3. The van der Waals surface area contributed by atoms with Crippen LogP contribution in [0.1, 0.15) is 23.4 Å². The summed E-state index contributed by atoms with van der Waals surface area (Å²) in [5, 5.41) is 5.00. The Labute approximate surface area is 157 Å². The van der Waals surface area contributed by atoms with Gasteiger partial charge in [0.05, 0.1) is 4.90 Å². The van der Waals surface area contributed by atoms with E-state index in [1.807, 2.05) is 20.1 Å². The van der Waals surface area contributed by atoms with Crippen LogP contribution in [0.5, 0.6) is 0 Å². The van der Waals surface area contributed by atoms with E-state index in [0.717, 1.165) is 29.8 Å². The Bertz CT molecular complexity index is 1040. The van der Waals surface area contributed by atoms with Gasteiger partial charge < -0.3 is 5.73 Å². The third-order valence-corrected chi connectivity index (χ3v) is 7.01. The molecule has 2 aromatic heterocycles. The van der Waals surface area contributed by atoms with Gasteiger partial charge in [-0.2, -0.15) is 5.10 Å². The van der Waals surface area contributed by atoms with E-state index in [-0.39, 0.29) is 9.79 Å². The number of aryl methyl sites for hydroxylation is 2. The molecule has 26 heavy (non-hydrogen) atoms. The van der Waals surface area contributed by atoms with Crippen LogP contribution in [0.15, 0.2) is 45.1 Å². The first-order valence-corrected chi connectivity index (χ1v) is 11.1. The minimum absolute atomic E-state index is 0.174. The second-order valence-electron chi connectivity index (χ2n) is 6.04. The lowest BCUT2D eigenvalue weighted by Gasteiger charge is -2.11. The van der Waals surface area contributed by atoms with Crippen LogP contribution < -0.4 is 5.73 Å². The lowest BCUT2D eigenvalue weighted by Crippen LogP contribution is -2.09. The molecule has 1 aromatic carbocycles. The summed E-state index contributed by atoms with van der Waals surface area (Å²) in [6.45, 7) is 4.45. The van der Waals surface area contributed by atoms with Crippen molar-refractivity contribution in [1.82, 2.24) is 14.6 Å². The maximum Gasteiger partial charge on any atom is 0.213 e. The second-order valence-corrected chi connectivity index (χ2v) is 8.73. The smallest absolute Gasteiger partial charge is 0.213 e. The van der Waals surface area contributed by atoms with E-state index >= 15 is 0 Å². The van der Waals surface area contributed by atoms with Crippen molar-refractivity contribution in [3.05, 3.63) is 47.3 Å². The van der Waals surface area contributed by atoms with Crippen LogP contribution in [0.25, 0.3) is 5.65 Å². The average Bonchev–Trinajstić information content (AvgIpc) is 3.01.